The number of non-ortho nitro benzene ring substituents is 1. The second kappa shape index (κ2) is 7.10. The van der Waals surface area contributed by atoms with Crippen LogP contribution in [0.15, 0.2) is 29.6 Å². The molecule has 0 radical (unpaired) electrons. The zero-order valence-corrected chi connectivity index (χ0v) is 12.7. The Kier molecular flexibility index (Phi) is 5.18. The van der Waals surface area contributed by atoms with Crippen LogP contribution in [0.1, 0.15) is 23.8 Å². The van der Waals surface area contributed by atoms with Crippen molar-refractivity contribution in [1.82, 2.24) is 10.3 Å². The number of amides is 1. The molecule has 0 spiro atoms. The van der Waals surface area contributed by atoms with E-state index in [0.717, 1.165) is 0 Å². The first-order valence-corrected chi connectivity index (χ1v) is 7.51. The smallest absolute Gasteiger partial charge is 0.270 e. The Balaban J connectivity index is 2.16. The minimum atomic E-state index is -0.471. The fourth-order valence-corrected chi connectivity index (χ4v) is 2.62. The number of aliphatic hydroxyl groups excluding tert-OH is 1. The zero-order chi connectivity index (χ0) is 16.1. The maximum absolute atomic E-state index is 12.0. The van der Waals surface area contributed by atoms with Gasteiger partial charge in [-0.1, -0.05) is 12.1 Å². The molecule has 1 aromatic heterocycles. The van der Waals surface area contributed by atoms with Gasteiger partial charge in [-0.3, -0.25) is 14.9 Å². The maximum atomic E-state index is 12.0. The lowest BCUT2D eigenvalue weighted by atomic mass is 10.2. The van der Waals surface area contributed by atoms with Gasteiger partial charge in [-0.25, -0.2) is 4.98 Å². The molecule has 1 amide bonds. The highest BCUT2D eigenvalue weighted by Crippen LogP contribution is 2.26. The van der Waals surface area contributed by atoms with Gasteiger partial charge < -0.3 is 10.4 Å². The van der Waals surface area contributed by atoms with Crippen molar-refractivity contribution in [2.24, 2.45) is 0 Å². The van der Waals surface area contributed by atoms with Crippen LogP contribution in [-0.4, -0.2) is 33.6 Å². The Morgan fingerprint density at radius 2 is 2.32 bits per heavy atom. The predicted octanol–water partition coefficient (Wildman–Crippen LogP) is 2.22. The normalized spacial score (nSPS) is 11.9. The van der Waals surface area contributed by atoms with Crippen molar-refractivity contribution < 1.29 is 14.8 Å². The van der Waals surface area contributed by atoms with Crippen LogP contribution < -0.4 is 5.32 Å². The number of hydrogen-bond donors (Lipinski definition) is 2. The van der Waals surface area contributed by atoms with Crippen LogP contribution in [0.4, 0.5) is 5.69 Å². The lowest BCUT2D eigenvalue weighted by Gasteiger charge is -2.10. The van der Waals surface area contributed by atoms with Gasteiger partial charge in [0.1, 0.15) is 10.7 Å². The number of carbonyl (C=O) groups is 1. The number of thiazole rings is 1. The van der Waals surface area contributed by atoms with Gasteiger partial charge in [0.2, 0.25) is 0 Å². The molecule has 1 atom stereocenters. The highest BCUT2D eigenvalue weighted by atomic mass is 32.1. The highest BCUT2D eigenvalue weighted by Gasteiger charge is 2.15. The van der Waals surface area contributed by atoms with Gasteiger partial charge in [0, 0.05) is 35.7 Å². The summed E-state index contributed by atoms with van der Waals surface area (Å²) in [5.74, 6) is -0.325. The largest absolute Gasteiger partial charge is 0.396 e. The van der Waals surface area contributed by atoms with Crippen molar-refractivity contribution in [2.75, 3.05) is 6.61 Å². The molecule has 8 heteroatoms. The van der Waals surface area contributed by atoms with E-state index in [1.54, 1.807) is 24.4 Å². The third kappa shape index (κ3) is 3.86. The van der Waals surface area contributed by atoms with Crippen LogP contribution in [0.3, 0.4) is 0 Å². The summed E-state index contributed by atoms with van der Waals surface area (Å²) in [6, 6.07) is 5.97. The van der Waals surface area contributed by atoms with Crippen molar-refractivity contribution in [3.8, 4) is 10.6 Å². The molecule has 0 fully saturated rings. The van der Waals surface area contributed by atoms with E-state index < -0.39 is 4.92 Å². The molecule has 2 aromatic rings. The molecule has 0 aliphatic rings. The lowest BCUT2D eigenvalue weighted by Crippen LogP contribution is -2.33. The van der Waals surface area contributed by atoms with E-state index in [-0.39, 0.29) is 29.9 Å². The molecule has 0 aliphatic carbocycles. The van der Waals surface area contributed by atoms with E-state index in [1.165, 1.54) is 23.5 Å². The summed E-state index contributed by atoms with van der Waals surface area (Å²) in [5, 5.41) is 24.5. The average Bonchev–Trinajstić information content (AvgIpc) is 2.97. The summed E-state index contributed by atoms with van der Waals surface area (Å²) >= 11 is 1.25. The van der Waals surface area contributed by atoms with E-state index >= 15 is 0 Å². The summed E-state index contributed by atoms with van der Waals surface area (Å²) < 4.78 is 0. The van der Waals surface area contributed by atoms with Crippen LogP contribution in [-0.2, 0) is 0 Å². The average molecular weight is 321 g/mol. The standard InChI is InChI=1S/C14H15N3O4S/c1-9(5-6-18)15-13(19)12-8-22-14(16-12)10-3-2-4-11(7-10)17(20)21/h2-4,7-9,18H,5-6H2,1H3,(H,15,19)/t9-/m1/s1. The number of rotatable bonds is 6. The molecular formula is C14H15N3O4S. The predicted molar refractivity (Wildman–Crippen MR) is 82.8 cm³/mol. The van der Waals surface area contributed by atoms with Gasteiger partial charge in [-0.05, 0) is 13.3 Å². The number of nitrogens with zero attached hydrogens (tertiary/aromatic N) is 2. The van der Waals surface area contributed by atoms with E-state index in [4.69, 9.17) is 5.11 Å². The van der Waals surface area contributed by atoms with Crippen molar-refractivity contribution >= 4 is 22.9 Å². The second-order valence-corrected chi connectivity index (χ2v) is 5.59. The van der Waals surface area contributed by atoms with Gasteiger partial charge in [0.25, 0.3) is 11.6 Å². The van der Waals surface area contributed by atoms with E-state index in [1.807, 2.05) is 0 Å². The van der Waals surface area contributed by atoms with Gasteiger partial charge in [0.05, 0.1) is 4.92 Å². The molecule has 2 rings (SSSR count). The molecule has 0 saturated carbocycles. The third-order valence-corrected chi connectivity index (χ3v) is 3.87. The molecule has 22 heavy (non-hydrogen) atoms. The first kappa shape index (κ1) is 16.1. The quantitative estimate of drug-likeness (QED) is 0.627. The molecule has 0 bridgehead atoms. The second-order valence-electron chi connectivity index (χ2n) is 4.73. The number of aromatic nitrogens is 1. The molecule has 7 nitrogen and oxygen atoms in total. The first-order valence-electron chi connectivity index (χ1n) is 6.63. The van der Waals surface area contributed by atoms with Crippen LogP contribution in [0.2, 0.25) is 0 Å². The van der Waals surface area contributed by atoms with Crippen molar-refractivity contribution in [3.05, 3.63) is 45.5 Å². The summed E-state index contributed by atoms with van der Waals surface area (Å²) in [5.41, 5.74) is 0.841. The summed E-state index contributed by atoms with van der Waals surface area (Å²) in [6.07, 6.45) is 0.466. The fraction of sp³-hybridized carbons (Fsp3) is 0.286. The first-order chi connectivity index (χ1) is 10.5. The molecule has 0 saturated heterocycles. The van der Waals surface area contributed by atoms with Crippen molar-refractivity contribution in [3.63, 3.8) is 0 Å². The van der Waals surface area contributed by atoms with Gasteiger partial charge in [0.15, 0.2) is 0 Å². The van der Waals surface area contributed by atoms with Crippen molar-refractivity contribution in [2.45, 2.75) is 19.4 Å². The topological polar surface area (TPSA) is 105 Å². The third-order valence-electron chi connectivity index (χ3n) is 2.98. The summed E-state index contributed by atoms with van der Waals surface area (Å²) in [7, 11) is 0. The molecular weight excluding hydrogens is 306 g/mol. The molecule has 0 unspecified atom stereocenters. The SMILES string of the molecule is C[C@H](CCO)NC(=O)c1csc(-c2cccc([N+](=O)[O-])c2)n1. The maximum Gasteiger partial charge on any atom is 0.270 e. The zero-order valence-electron chi connectivity index (χ0n) is 11.9. The van der Waals surface area contributed by atoms with Gasteiger partial charge in [-0.15, -0.1) is 11.3 Å². The Hall–Kier alpha value is -2.32. The van der Waals surface area contributed by atoms with E-state index in [2.05, 4.69) is 10.3 Å². The Morgan fingerprint density at radius 1 is 1.55 bits per heavy atom. The van der Waals surface area contributed by atoms with Crippen LogP contribution in [0, 0.1) is 10.1 Å². The van der Waals surface area contributed by atoms with Crippen LogP contribution >= 0.6 is 11.3 Å². The molecule has 116 valence electrons. The summed E-state index contributed by atoms with van der Waals surface area (Å²) in [4.78, 5) is 26.5. The Morgan fingerprint density at radius 3 is 3.00 bits per heavy atom. The number of nitrogens with one attached hydrogen (secondary N) is 1. The summed E-state index contributed by atoms with van der Waals surface area (Å²) in [6.45, 7) is 1.79. The lowest BCUT2D eigenvalue weighted by molar-refractivity contribution is -0.384. The number of carbonyl (C=O) groups excluding carboxylic acids is 1. The van der Waals surface area contributed by atoms with Gasteiger partial charge in [-0.2, -0.15) is 0 Å². The number of nitro benzene ring substituents is 1. The Labute approximate surface area is 130 Å². The Bertz CT molecular complexity index is 686. The number of aliphatic hydroxyl groups is 1. The van der Waals surface area contributed by atoms with Gasteiger partial charge >= 0.3 is 0 Å². The minimum absolute atomic E-state index is 0.00253. The molecule has 2 N–H and O–H groups in total. The van der Waals surface area contributed by atoms with E-state index in [0.29, 0.717) is 17.0 Å². The monoisotopic (exact) mass is 321 g/mol. The number of benzene rings is 1. The highest BCUT2D eigenvalue weighted by molar-refractivity contribution is 7.13. The minimum Gasteiger partial charge on any atom is -0.396 e. The van der Waals surface area contributed by atoms with E-state index in [9.17, 15) is 14.9 Å². The van der Waals surface area contributed by atoms with Crippen LogP contribution in [0.5, 0.6) is 0 Å². The molecule has 0 aliphatic heterocycles. The molecule has 1 aromatic carbocycles. The van der Waals surface area contributed by atoms with Crippen molar-refractivity contribution in [1.29, 1.82) is 0 Å². The molecule has 1 heterocycles. The fourth-order valence-electron chi connectivity index (χ4n) is 1.83. The van der Waals surface area contributed by atoms with Crippen LogP contribution in [0.25, 0.3) is 10.6 Å². The number of nitro groups is 1. The number of hydrogen-bond acceptors (Lipinski definition) is 6.